The number of amides is 1. The standard InChI is InChI=1S/C19H18ClN3O/c1-2-9-21-14-7-8-16(17(20)11-14)19(24)23-15-10-13-5-3-4-6-18(13)22-12-15/h3-8,10-12,21H,2,9H2,1H3,(H,23,24). The number of rotatable bonds is 5. The number of para-hydroxylation sites is 1. The van der Waals surface area contributed by atoms with Crippen LogP contribution >= 0.6 is 11.6 Å². The molecule has 2 aromatic carbocycles. The smallest absolute Gasteiger partial charge is 0.257 e. The van der Waals surface area contributed by atoms with Crippen LogP contribution in [0.25, 0.3) is 10.9 Å². The van der Waals surface area contributed by atoms with Gasteiger partial charge in [-0.1, -0.05) is 36.7 Å². The van der Waals surface area contributed by atoms with Crippen molar-refractivity contribution in [2.24, 2.45) is 0 Å². The predicted octanol–water partition coefficient (Wildman–Crippen LogP) is 4.96. The van der Waals surface area contributed by atoms with Crippen molar-refractivity contribution in [2.75, 3.05) is 17.2 Å². The van der Waals surface area contributed by atoms with E-state index in [1.165, 1.54) is 0 Å². The summed E-state index contributed by atoms with van der Waals surface area (Å²) in [4.78, 5) is 16.8. The normalized spacial score (nSPS) is 10.6. The highest BCUT2D eigenvalue weighted by Crippen LogP contribution is 2.23. The number of nitrogens with zero attached hydrogens (tertiary/aromatic N) is 1. The first kappa shape index (κ1) is 16.3. The number of pyridine rings is 1. The van der Waals surface area contributed by atoms with Gasteiger partial charge in [-0.3, -0.25) is 9.78 Å². The second kappa shape index (κ2) is 7.32. The maximum atomic E-state index is 12.5. The third-order valence-corrected chi connectivity index (χ3v) is 3.95. The fourth-order valence-electron chi connectivity index (χ4n) is 2.42. The minimum absolute atomic E-state index is 0.251. The van der Waals surface area contributed by atoms with Crippen molar-refractivity contribution in [3.63, 3.8) is 0 Å². The molecule has 0 unspecified atom stereocenters. The molecule has 4 nitrogen and oxygen atoms in total. The summed E-state index contributed by atoms with van der Waals surface area (Å²) >= 11 is 6.25. The zero-order valence-electron chi connectivity index (χ0n) is 13.3. The van der Waals surface area contributed by atoms with Crippen molar-refractivity contribution in [2.45, 2.75) is 13.3 Å². The highest BCUT2D eigenvalue weighted by molar-refractivity contribution is 6.34. The molecule has 0 spiro atoms. The van der Waals surface area contributed by atoms with Gasteiger partial charge in [-0.25, -0.2) is 0 Å². The van der Waals surface area contributed by atoms with Gasteiger partial charge < -0.3 is 10.6 Å². The summed E-state index contributed by atoms with van der Waals surface area (Å²) in [7, 11) is 0. The number of carbonyl (C=O) groups is 1. The molecule has 1 heterocycles. The first-order valence-corrected chi connectivity index (χ1v) is 8.24. The van der Waals surface area contributed by atoms with Crippen molar-refractivity contribution in [1.29, 1.82) is 0 Å². The molecule has 0 aliphatic heterocycles. The van der Waals surface area contributed by atoms with Gasteiger partial charge in [0, 0.05) is 17.6 Å². The van der Waals surface area contributed by atoms with Crippen molar-refractivity contribution >= 4 is 39.8 Å². The topological polar surface area (TPSA) is 54.0 Å². The van der Waals surface area contributed by atoms with E-state index in [4.69, 9.17) is 11.6 Å². The minimum atomic E-state index is -0.251. The van der Waals surface area contributed by atoms with Crippen molar-refractivity contribution in [1.82, 2.24) is 4.98 Å². The number of fused-ring (bicyclic) bond motifs is 1. The first-order valence-electron chi connectivity index (χ1n) is 7.87. The number of hydrogen-bond acceptors (Lipinski definition) is 3. The van der Waals surface area contributed by atoms with Crippen LogP contribution in [0, 0.1) is 0 Å². The fourth-order valence-corrected chi connectivity index (χ4v) is 2.68. The second-order valence-electron chi connectivity index (χ2n) is 5.49. The fraction of sp³-hybridized carbons (Fsp3) is 0.158. The Hall–Kier alpha value is -2.59. The van der Waals surface area contributed by atoms with E-state index in [1.807, 2.05) is 36.4 Å². The minimum Gasteiger partial charge on any atom is -0.385 e. The SMILES string of the molecule is CCCNc1ccc(C(=O)Nc2cnc3ccccc3c2)c(Cl)c1. The summed E-state index contributed by atoms with van der Waals surface area (Å²) in [5.41, 5.74) is 2.88. The predicted molar refractivity (Wildman–Crippen MR) is 99.9 cm³/mol. The van der Waals surface area contributed by atoms with E-state index in [0.717, 1.165) is 29.6 Å². The number of anilines is 2. The Morgan fingerprint density at radius 3 is 2.75 bits per heavy atom. The first-order chi connectivity index (χ1) is 11.7. The lowest BCUT2D eigenvalue weighted by molar-refractivity contribution is 0.102. The van der Waals surface area contributed by atoms with Crippen LogP contribution in [-0.2, 0) is 0 Å². The molecule has 0 aliphatic rings. The summed E-state index contributed by atoms with van der Waals surface area (Å²) in [6.45, 7) is 2.96. The van der Waals surface area contributed by atoms with Gasteiger partial charge in [0.15, 0.2) is 0 Å². The Kier molecular flexibility index (Phi) is 4.96. The lowest BCUT2D eigenvalue weighted by Gasteiger charge is -2.10. The van der Waals surface area contributed by atoms with E-state index >= 15 is 0 Å². The molecule has 1 amide bonds. The molecule has 5 heteroatoms. The van der Waals surface area contributed by atoms with Crippen molar-refractivity contribution in [3.05, 3.63) is 65.3 Å². The van der Waals surface area contributed by atoms with Gasteiger partial charge in [0.05, 0.1) is 28.0 Å². The summed E-state index contributed by atoms with van der Waals surface area (Å²) in [5, 5.41) is 7.48. The Labute approximate surface area is 145 Å². The van der Waals surface area contributed by atoms with Gasteiger partial charge >= 0.3 is 0 Å². The average Bonchev–Trinajstić information content (AvgIpc) is 2.59. The maximum Gasteiger partial charge on any atom is 0.257 e. The van der Waals surface area contributed by atoms with Crippen LogP contribution < -0.4 is 10.6 Å². The van der Waals surface area contributed by atoms with Crippen LogP contribution in [-0.4, -0.2) is 17.4 Å². The maximum absolute atomic E-state index is 12.5. The van der Waals surface area contributed by atoms with Gasteiger partial charge in [0.25, 0.3) is 5.91 Å². The van der Waals surface area contributed by atoms with E-state index in [0.29, 0.717) is 16.3 Å². The number of halogens is 1. The number of hydrogen-bond donors (Lipinski definition) is 2. The number of carbonyl (C=O) groups excluding carboxylic acids is 1. The molecule has 0 radical (unpaired) electrons. The van der Waals surface area contributed by atoms with Gasteiger partial charge in [-0.15, -0.1) is 0 Å². The molecule has 122 valence electrons. The highest BCUT2D eigenvalue weighted by atomic mass is 35.5. The monoisotopic (exact) mass is 339 g/mol. The van der Waals surface area contributed by atoms with E-state index in [2.05, 4.69) is 22.5 Å². The lowest BCUT2D eigenvalue weighted by Crippen LogP contribution is -2.13. The number of benzene rings is 2. The second-order valence-corrected chi connectivity index (χ2v) is 5.90. The molecule has 3 rings (SSSR count). The quantitative estimate of drug-likeness (QED) is 0.690. The molecule has 0 aliphatic carbocycles. The summed E-state index contributed by atoms with van der Waals surface area (Å²) < 4.78 is 0. The Bertz CT molecular complexity index is 879. The Balaban J connectivity index is 1.78. The highest BCUT2D eigenvalue weighted by Gasteiger charge is 2.11. The van der Waals surface area contributed by atoms with E-state index in [9.17, 15) is 4.79 Å². The van der Waals surface area contributed by atoms with E-state index < -0.39 is 0 Å². The van der Waals surface area contributed by atoms with Crippen LogP contribution in [0.2, 0.25) is 5.02 Å². The zero-order chi connectivity index (χ0) is 16.9. The van der Waals surface area contributed by atoms with Gasteiger partial charge in [0.2, 0.25) is 0 Å². The Morgan fingerprint density at radius 2 is 1.96 bits per heavy atom. The third kappa shape index (κ3) is 3.66. The van der Waals surface area contributed by atoms with Crippen molar-refractivity contribution < 1.29 is 4.79 Å². The summed E-state index contributed by atoms with van der Waals surface area (Å²) in [5.74, 6) is -0.251. The lowest BCUT2D eigenvalue weighted by atomic mass is 10.1. The number of aromatic nitrogens is 1. The molecular formula is C19H18ClN3O. The summed E-state index contributed by atoms with van der Waals surface area (Å²) in [6.07, 6.45) is 2.67. The van der Waals surface area contributed by atoms with E-state index in [1.54, 1.807) is 18.3 Å². The van der Waals surface area contributed by atoms with Gasteiger partial charge in [-0.2, -0.15) is 0 Å². The molecule has 0 atom stereocenters. The van der Waals surface area contributed by atoms with Crippen molar-refractivity contribution in [3.8, 4) is 0 Å². The molecule has 0 bridgehead atoms. The third-order valence-electron chi connectivity index (χ3n) is 3.64. The molecule has 3 aromatic rings. The Morgan fingerprint density at radius 1 is 1.12 bits per heavy atom. The summed E-state index contributed by atoms with van der Waals surface area (Å²) in [6, 6.07) is 15.0. The van der Waals surface area contributed by atoms with Crippen LogP contribution in [0.1, 0.15) is 23.7 Å². The van der Waals surface area contributed by atoms with Crippen LogP contribution in [0.15, 0.2) is 54.7 Å². The zero-order valence-corrected chi connectivity index (χ0v) is 14.1. The van der Waals surface area contributed by atoms with Crippen LogP contribution in [0.4, 0.5) is 11.4 Å². The average molecular weight is 340 g/mol. The molecule has 24 heavy (non-hydrogen) atoms. The van der Waals surface area contributed by atoms with Crippen LogP contribution in [0.3, 0.4) is 0 Å². The largest absolute Gasteiger partial charge is 0.385 e. The molecular weight excluding hydrogens is 322 g/mol. The molecule has 0 saturated heterocycles. The molecule has 2 N–H and O–H groups in total. The van der Waals surface area contributed by atoms with Gasteiger partial charge in [-0.05, 0) is 36.8 Å². The molecule has 1 aromatic heterocycles. The van der Waals surface area contributed by atoms with Crippen LogP contribution in [0.5, 0.6) is 0 Å². The number of nitrogens with one attached hydrogen (secondary N) is 2. The van der Waals surface area contributed by atoms with E-state index in [-0.39, 0.29) is 5.91 Å². The molecule has 0 saturated carbocycles. The van der Waals surface area contributed by atoms with Gasteiger partial charge in [0.1, 0.15) is 0 Å². The molecule has 0 fully saturated rings.